The number of hydrogen-bond acceptors (Lipinski definition) is 4. The van der Waals surface area contributed by atoms with Crippen LogP contribution in [-0.4, -0.2) is 29.7 Å². The normalized spacial score (nSPS) is 13.3. The van der Waals surface area contributed by atoms with Crippen molar-refractivity contribution in [2.45, 2.75) is 45.7 Å². The van der Waals surface area contributed by atoms with Gasteiger partial charge in [-0.3, -0.25) is 4.79 Å². The maximum absolute atomic E-state index is 12.6. The lowest BCUT2D eigenvalue weighted by atomic mass is 9.92. The largest absolute Gasteiger partial charge is 0.454 e. The standard InChI is InChI=1S/C16H24N2O3/c1-4-16(17,5-2)15(19)18(6-3)10-12-7-8-13-14(9-12)21-11-20-13/h7-9H,4-6,10-11,17H2,1-3H3. The fourth-order valence-corrected chi connectivity index (χ4v) is 2.45. The SMILES string of the molecule is CCN(Cc1ccc2c(c1)OCO2)C(=O)C(N)(CC)CC. The van der Waals surface area contributed by atoms with Gasteiger partial charge in [0.15, 0.2) is 11.5 Å². The van der Waals surface area contributed by atoms with Gasteiger partial charge in [-0.2, -0.15) is 0 Å². The number of likely N-dealkylation sites (N-methyl/N-ethyl adjacent to an activating group) is 1. The van der Waals surface area contributed by atoms with Crippen LogP contribution in [0.15, 0.2) is 18.2 Å². The second kappa shape index (κ2) is 6.35. The van der Waals surface area contributed by atoms with Crippen LogP contribution in [0.1, 0.15) is 39.2 Å². The van der Waals surface area contributed by atoms with E-state index < -0.39 is 5.54 Å². The molecule has 0 saturated carbocycles. The number of carbonyl (C=O) groups is 1. The van der Waals surface area contributed by atoms with Crippen molar-refractivity contribution in [3.8, 4) is 11.5 Å². The van der Waals surface area contributed by atoms with Crippen molar-refractivity contribution >= 4 is 5.91 Å². The molecule has 0 fully saturated rings. The molecule has 1 aromatic rings. The molecule has 0 spiro atoms. The van der Waals surface area contributed by atoms with Crippen molar-refractivity contribution in [3.63, 3.8) is 0 Å². The molecular formula is C16H24N2O3. The summed E-state index contributed by atoms with van der Waals surface area (Å²) in [4.78, 5) is 14.4. The number of rotatable bonds is 6. The highest BCUT2D eigenvalue weighted by Gasteiger charge is 2.33. The van der Waals surface area contributed by atoms with Crippen molar-refractivity contribution in [2.24, 2.45) is 5.73 Å². The van der Waals surface area contributed by atoms with Gasteiger partial charge in [0, 0.05) is 13.1 Å². The van der Waals surface area contributed by atoms with Crippen LogP contribution in [0, 0.1) is 0 Å². The van der Waals surface area contributed by atoms with Crippen molar-refractivity contribution in [3.05, 3.63) is 23.8 Å². The Labute approximate surface area is 126 Å². The molecule has 0 saturated heterocycles. The number of amides is 1. The van der Waals surface area contributed by atoms with Gasteiger partial charge in [0.25, 0.3) is 0 Å². The Balaban J connectivity index is 2.14. The van der Waals surface area contributed by atoms with Crippen LogP contribution in [0.2, 0.25) is 0 Å². The molecule has 0 aromatic heterocycles. The van der Waals surface area contributed by atoms with Crippen LogP contribution < -0.4 is 15.2 Å². The summed E-state index contributed by atoms with van der Waals surface area (Å²) in [7, 11) is 0. The number of hydrogen-bond donors (Lipinski definition) is 1. The molecule has 116 valence electrons. The predicted molar refractivity (Wildman–Crippen MR) is 81.2 cm³/mol. The average molecular weight is 292 g/mol. The van der Waals surface area contributed by atoms with E-state index in [4.69, 9.17) is 15.2 Å². The highest BCUT2D eigenvalue weighted by Crippen LogP contribution is 2.33. The summed E-state index contributed by atoms with van der Waals surface area (Å²) < 4.78 is 10.7. The first kappa shape index (κ1) is 15.6. The quantitative estimate of drug-likeness (QED) is 0.873. The molecule has 1 aromatic carbocycles. The van der Waals surface area contributed by atoms with Gasteiger partial charge >= 0.3 is 0 Å². The number of nitrogens with two attached hydrogens (primary N) is 1. The third-order valence-corrected chi connectivity index (χ3v) is 4.17. The van der Waals surface area contributed by atoms with Crippen LogP contribution in [0.25, 0.3) is 0 Å². The third-order valence-electron chi connectivity index (χ3n) is 4.17. The fraction of sp³-hybridized carbons (Fsp3) is 0.562. The van der Waals surface area contributed by atoms with Crippen molar-refractivity contribution in [2.75, 3.05) is 13.3 Å². The molecular weight excluding hydrogens is 268 g/mol. The third kappa shape index (κ3) is 3.13. The average Bonchev–Trinajstić information content (AvgIpc) is 2.98. The molecule has 5 heteroatoms. The van der Waals surface area contributed by atoms with E-state index in [1.54, 1.807) is 4.90 Å². The number of benzene rings is 1. The first-order chi connectivity index (χ1) is 10.0. The van der Waals surface area contributed by atoms with E-state index in [-0.39, 0.29) is 12.7 Å². The van der Waals surface area contributed by atoms with Gasteiger partial charge in [-0.15, -0.1) is 0 Å². The Morgan fingerprint density at radius 2 is 1.90 bits per heavy atom. The Morgan fingerprint density at radius 1 is 1.24 bits per heavy atom. The van der Waals surface area contributed by atoms with E-state index in [9.17, 15) is 4.79 Å². The van der Waals surface area contributed by atoms with E-state index >= 15 is 0 Å². The van der Waals surface area contributed by atoms with Gasteiger partial charge in [0.05, 0.1) is 5.54 Å². The topological polar surface area (TPSA) is 64.8 Å². The summed E-state index contributed by atoms with van der Waals surface area (Å²) in [5.74, 6) is 1.50. The molecule has 0 aliphatic carbocycles. The lowest BCUT2D eigenvalue weighted by Gasteiger charge is -2.32. The molecule has 0 radical (unpaired) electrons. The van der Waals surface area contributed by atoms with Crippen LogP contribution in [0.3, 0.4) is 0 Å². The van der Waals surface area contributed by atoms with Crippen molar-refractivity contribution in [1.82, 2.24) is 4.90 Å². The van der Waals surface area contributed by atoms with Crippen LogP contribution in [0.4, 0.5) is 0 Å². The molecule has 1 aliphatic rings. The molecule has 2 rings (SSSR count). The molecule has 2 N–H and O–H groups in total. The minimum atomic E-state index is -0.771. The van der Waals surface area contributed by atoms with Gasteiger partial charge in [-0.1, -0.05) is 19.9 Å². The zero-order valence-corrected chi connectivity index (χ0v) is 13.0. The number of ether oxygens (including phenoxy) is 2. The Bertz CT molecular complexity index is 512. The molecule has 1 amide bonds. The minimum Gasteiger partial charge on any atom is -0.454 e. The van der Waals surface area contributed by atoms with E-state index in [1.165, 1.54) is 0 Å². The number of fused-ring (bicyclic) bond motifs is 1. The van der Waals surface area contributed by atoms with Crippen LogP contribution in [0.5, 0.6) is 11.5 Å². The highest BCUT2D eigenvalue weighted by atomic mass is 16.7. The molecule has 1 aliphatic heterocycles. The first-order valence-electron chi connectivity index (χ1n) is 7.50. The second-order valence-corrected chi connectivity index (χ2v) is 5.37. The van der Waals surface area contributed by atoms with E-state index in [2.05, 4.69) is 0 Å². The molecule has 0 unspecified atom stereocenters. The summed E-state index contributed by atoms with van der Waals surface area (Å²) in [6, 6.07) is 5.76. The van der Waals surface area contributed by atoms with Gasteiger partial charge < -0.3 is 20.1 Å². The first-order valence-corrected chi connectivity index (χ1v) is 7.50. The van der Waals surface area contributed by atoms with E-state index in [0.717, 1.165) is 17.1 Å². The zero-order chi connectivity index (χ0) is 15.5. The van der Waals surface area contributed by atoms with Crippen LogP contribution in [-0.2, 0) is 11.3 Å². The molecule has 0 bridgehead atoms. The lowest BCUT2D eigenvalue weighted by molar-refractivity contribution is -0.137. The van der Waals surface area contributed by atoms with Gasteiger partial charge in [-0.25, -0.2) is 0 Å². The van der Waals surface area contributed by atoms with Gasteiger partial charge in [0.1, 0.15) is 0 Å². The zero-order valence-electron chi connectivity index (χ0n) is 13.0. The predicted octanol–water partition coefficient (Wildman–Crippen LogP) is 2.28. The van der Waals surface area contributed by atoms with E-state index in [0.29, 0.717) is 25.9 Å². The molecule has 0 atom stereocenters. The van der Waals surface area contributed by atoms with E-state index in [1.807, 2.05) is 39.0 Å². The Morgan fingerprint density at radius 3 is 2.52 bits per heavy atom. The summed E-state index contributed by atoms with van der Waals surface area (Å²) >= 11 is 0. The highest BCUT2D eigenvalue weighted by molar-refractivity contribution is 5.86. The molecule has 1 heterocycles. The summed E-state index contributed by atoms with van der Waals surface area (Å²) in [6.07, 6.45) is 1.28. The summed E-state index contributed by atoms with van der Waals surface area (Å²) in [5, 5.41) is 0. The molecule has 21 heavy (non-hydrogen) atoms. The molecule has 5 nitrogen and oxygen atoms in total. The second-order valence-electron chi connectivity index (χ2n) is 5.37. The van der Waals surface area contributed by atoms with Crippen molar-refractivity contribution < 1.29 is 14.3 Å². The minimum absolute atomic E-state index is 0.00710. The maximum atomic E-state index is 12.6. The summed E-state index contributed by atoms with van der Waals surface area (Å²) in [6.45, 7) is 7.30. The van der Waals surface area contributed by atoms with Crippen LogP contribution >= 0.6 is 0 Å². The maximum Gasteiger partial charge on any atom is 0.242 e. The van der Waals surface area contributed by atoms with Crippen molar-refractivity contribution in [1.29, 1.82) is 0 Å². The monoisotopic (exact) mass is 292 g/mol. The van der Waals surface area contributed by atoms with Gasteiger partial charge in [-0.05, 0) is 37.5 Å². The number of nitrogens with zero attached hydrogens (tertiary/aromatic N) is 1. The summed E-state index contributed by atoms with van der Waals surface area (Å²) in [5.41, 5.74) is 6.47. The Hall–Kier alpha value is -1.75. The fourth-order valence-electron chi connectivity index (χ4n) is 2.45. The lowest BCUT2D eigenvalue weighted by Crippen LogP contribution is -2.54. The number of carbonyl (C=O) groups excluding carboxylic acids is 1. The smallest absolute Gasteiger partial charge is 0.242 e. The van der Waals surface area contributed by atoms with Gasteiger partial charge in [0.2, 0.25) is 12.7 Å². The Kier molecular flexibility index (Phi) is 4.73.